The van der Waals surface area contributed by atoms with Crippen LogP contribution in [0.5, 0.6) is 34.5 Å². The molecule has 0 aliphatic carbocycles. The van der Waals surface area contributed by atoms with Crippen molar-refractivity contribution >= 4 is 0 Å². The van der Waals surface area contributed by atoms with Crippen LogP contribution in [-0.4, -0.2) is 24.4 Å². The van der Waals surface area contributed by atoms with Crippen molar-refractivity contribution in [1.82, 2.24) is 0 Å². The summed E-state index contributed by atoms with van der Waals surface area (Å²) < 4.78 is 26.1. The van der Waals surface area contributed by atoms with Crippen molar-refractivity contribution in [2.45, 2.75) is 137 Å². The van der Waals surface area contributed by atoms with Crippen LogP contribution in [0.4, 0.5) is 0 Å². The second kappa shape index (κ2) is 24.4. The SMILES string of the molecule is CCC[C-](Oc1ccc(-c2cccc(-c3cc(C(C)(C)C)c(OC)c(C(C)(C)C)c3)c2O)cc1Cc1ccccc1)Oc1ccc(-c2cccc(-c3cc(C(C)(C)C)c(OC)c(C(C)(C)C)c3)c2O)cc1Cc1ccccc1.[Hf]. The number of hydrogen-bond donors (Lipinski definition) is 2. The van der Waals surface area contributed by atoms with Crippen molar-refractivity contribution in [1.29, 1.82) is 0 Å². The van der Waals surface area contributed by atoms with Gasteiger partial charge < -0.3 is 29.2 Å². The first-order valence-electron chi connectivity index (χ1n) is 27.6. The maximum absolute atomic E-state index is 12.3. The quantitative estimate of drug-likeness (QED) is 0.0742. The molecule has 0 radical (unpaired) electrons. The van der Waals surface area contributed by atoms with E-state index >= 15 is 0 Å². The normalized spacial score (nSPS) is 12.1. The van der Waals surface area contributed by atoms with Crippen molar-refractivity contribution in [2.75, 3.05) is 14.2 Å². The van der Waals surface area contributed by atoms with E-state index in [9.17, 15) is 10.2 Å². The average molecular weight is 1220 g/mol. The van der Waals surface area contributed by atoms with Gasteiger partial charge in [0.2, 0.25) is 0 Å². The van der Waals surface area contributed by atoms with E-state index in [-0.39, 0.29) is 59.0 Å². The molecule has 7 heteroatoms. The molecule has 410 valence electrons. The molecular weight excluding hydrogens is 1140 g/mol. The van der Waals surface area contributed by atoms with Crippen LogP contribution in [0.3, 0.4) is 0 Å². The van der Waals surface area contributed by atoms with Gasteiger partial charge in [0, 0.05) is 89.5 Å². The van der Waals surface area contributed by atoms with E-state index in [0.717, 1.165) is 107 Å². The maximum Gasteiger partial charge on any atom is 0.131 e. The van der Waals surface area contributed by atoms with E-state index < -0.39 is 0 Å². The Kier molecular flexibility index (Phi) is 18.6. The van der Waals surface area contributed by atoms with Crippen LogP contribution in [0.1, 0.15) is 147 Å². The summed E-state index contributed by atoms with van der Waals surface area (Å²) in [5.74, 6) is 3.55. The number of para-hydroxylation sites is 2. The van der Waals surface area contributed by atoms with Crippen molar-refractivity contribution in [2.24, 2.45) is 0 Å². The van der Waals surface area contributed by atoms with E-state index in [1.165, 1.54) is 0 Å². The minimum atomic E-state index is -0.203. The number of methoxy groups -OCH3 is 2. The summed E-state index contributed by atoms with van der Waals surface area (Å²) in [7, 11) is 3.49. The fourth-order valence-electron chi connectivity index (χ4n) is 10.4. The molecule has 79 heavy (non-hydrogen) atoms. The Morgan fingerprint density at radius 1 is 0.392 bits per heavy atom. The van der Waals surface area contributed by atoms with Gasteiger partial charge in [-0.2, -0.15) is 0 Å². The van der Waals surface area contributed by atoms with Gasteiger partial charge in [0.15, 0.2) is 0 Å². The third kappa shape index (κ3) is 13.7. The number of rotatable bonds is 16. The predicted octanol–water partition coefficient (Wildman–Crippen LogP) is 18.9. The average Bonchev–Trinajstić information content (AvgIpc) is 3.53. The Morgan fingerprint density at radius 2 is 0.709 bits per heavy atom. The van der Waals surface area contributed by atoms with Crippen LogP contribution >= 0.6 is 0 Å². The first kappa shape index (κ1) is 60.1. The number of hydrogen-bond acceptors (Lipinski definition) is 6. The summed E-state index contributed by atoms with van der Waals surface area (Å²) in [6.07, 6.45) is 2.99. The zero-order chi connectivity index (χ0) is 56.3. The summed E-state index contributed by atoms with van der Waals surface area (Å²) >= 11 is 0. The Labute approximate surface area is 491 Å². The Morgan fingerprint density at radius 3 is 1.00 bits per heavy atom. The molecule has 0 fully saturated rings. The fourth-order valence-corrected chi connectivity index (χ4v) is 10.4. The van der Waals surface area contributed by atoms with Gasteiger partial charge in [-0.25, -0.2) is 0 Å². The molecule has 0 aliphatic rings. The molecule has 0 aromatic heterocycles. The molecule has 0 bridgehead atoms. The standard InChI is InChI=1S/C72H81O6.Hf/c1-16-25-64(77-62-36-34-48(40-52(62)38-46-26-19-17-20-27-46)54-30-23-32-56(65(54)73)50-42-58(69(2,3)4)67(75-14)59(43-50)70(5,6)7)78-63-37-35-49(41-53(63)39-47-28-21-18-22-29-47)55-31-24-33-57(66(55)74)51-44-60(71(8,9)10)68(76-15)61(45-51)72(11,12)13;/h17-24,26-37,40-45,73-74H,16,25,38-39H2,1-15H3;/q-1;. The Bertz CT molecular complexity index is 3090. The van der Waals surface area contributed by atoms with E-state index in [1.54, 1.807) is 14.2 Å². The summed E-state index contributed by atoms with van der Waals surface area (Å²) in [6.45, 7) is 28.5. The number of phenolic OH excluding ortho intramolecular Hbond substituents is 2. The maximum atomic E-state index is 12.3. The van der Waals surface area contributed by atoms with E-state index in [4.69, 9.17) is 18.9 Å². The molecule has 0 amide bonds. The molecule has 8 aromatic rings. The third-order valence-electron chi connectivity index (χ3n) is 14.6. The largest absolute Gasteiger partial charge is 0.619 e. The van der Waals surface area contributed by atoms with Crippen LogP contribution in [-0.2, 0) is 60.3 Å². The molecule has 6 nitrogen and oxygen atoms in total. The number of ether oxygens (including phenoxy) is 4. The van der Waals surface area contributed by atoms with Gasteiger partial charge >= 0.3 is 0 Å². The van der Waals surface area contributed by atoms with Crippen LogP contribution in [0, 0.1) is 6.29 Å². The van der Waals surface area contributed by atoms with Crippen LogP contribution in [0.25, 0.3) is 44.5 Å². The molecule has 8 aromatic carbocycles. The van der Waals surface area contributed by atoms with Crippen LogP contribution in [0.15, 0.2) is 158 Å². The van der Waals surface area contributed by atoms with Gasteiger partial charge in [-0.05, 0) is 115 Å². The topological polar surface area (TPSA) is 77.4 Å². The fraction of sp³-hybridized carbons (Fsp3) is 0.319. The van der Waals surface area contributed by atoms with Gasteiger partial charge in [-0.1, -0.05) is 206 Å². The molecule has 0 saturated heterocycles. The smallest absolute Gasteiger partial charge is 0.131 e. The van der Waals surface area contributed by atoms with Crippen molar-refractivity contribution < 1.29 is 55.0 Å². The predicted molar refractivity (Wildman–Crippen MR) is 324 cm³/mol. The molecule has 2 N–H and O–H groups in total. The monoisotopic (exact) mass is 1220 g/mol. The van der Waals surface area contributed by atoms with Gasteiger partial charge in [0.05, 0.1) is 25.7 Å². The number of aromatic hydroxyl groups is 2. The summed E-state index contributed by atoms with van der Waals surface area (Å²) in [5.41, 5.74) is 14.3. The van der Waals surface area contributed by atoms with Crippen molar-refractivity contribution in [3.8, 4) is 79.0 Å². The zero-order valence-electron chi connectivity index (χ0n) is 49.4. The molecule has 0 unspecified atom stereocenters. The minimum Gasteiger partial charge on any atom is -0.619 e. The molecule has 0 saturated carbocycles. The van der Waals surface area contributed by atoms with Gasteiger partial charge in [0.1, 0.15) is 23.0 Å². The third-order valence-corrected chi connectivity index (χ3v) is 14.6. The van der Waals surface area contributed by atoms with Crippen LogP contribution in [0.2, 0.25) is 0 Å². The molecule has 0 spiro atoms. The van der Waals surface area contributed by atoms with Crippen molar-refractivity contribution in [3.63, 3.8) is 0 Å². The zero-order valence-corrected chi connectivity index (χ0v) is 53.0. The summed E-state index contributed by atoms with van der Waals surface area (Å²) in [5, 5.41) is 24.7. The second-order valence-corrected chi connectivity index (χ2v) is 24.9. The molecule has 0 aliphatic heterocycles. The first-order valence-corrected chi connectivity index (χ1v) is 27.6. The van der Waals surface area contributed by atoms with Crippen LogP contribution < -0.4 is 18.9 Å². The van der Waals surface area contributed by atoms with E-state index in [2.05, 4.69) is 175 Å². The number of benzene rings is 8. The van der Waals surface area contributed by atoms with Gasteiger partial charge in [-0.15, -0.1) is 6.42 Å². The first-order chi connectivity index (χ1) is 36.9. The number of phenols is 2. The van der Waals surface area contributed by atoms with E-state index in [0.29, 0.717) is 37.1 Å². The second-order valence-electron chi connectivity index (χ2n) is 24.9. The van der Waals surface area contributed by atoms with E-state index in [1.807, 2.05) is 72.8 Å². The van der Waals surface area contributed by atoms with Gasteiger partial charge in [-0.3, -0.25) is 0 Å². The molecular formula is C72H81HfO6-. The summed E-state index contributed by atoms with van der Waals surface area (Å²) in [6, 6.07) is 53.8. The summed E-state index contributed by atoms with van der Waals surface area (Å²) in [4.78, 5) is 0. The molecule has 0 heterocycles. The Hall–Kier alpha value is -6.57. The Balaban J connectivity index is 0.00000903. The molecule has 8 rings (SSSR count). The minimum absolute atomic E-state index is 0. The molecule has 0 atom stereocenters. The van der Waals surface area contributed by atoms with Gasteiger partial charge in [0.25, 0.3) is 0 Å². The van der Waals surface area contributed by atoms with Crippen molar-refractivity contribution in [3.05, 3.63) is 209 Å².